The lowest BCUT2D eigenvalue weighted by Crippen LogP contribution is -2.53. The van der Waals surface area contributed by atoms with E-state index in [4.69, 9.17) is 21.1 Å². The first-order valence-corrected chi connectivity index (χ1v) is 27.6. The molecule has 432 valence electrons. The topological polar surface area (TPSA) is 300 Å². The number of hydrogen-bond donors (Lipinski definition) is 9. The van der Waals surface area contributed by atoms with Gasteiger partial charge in [-0.1, -0.05) is 141 Å². The van der Waals surface area contributed by atoms with Gasteiger partial charge in [0.05, 0.1) is 6.04 Å². The summed E-state index contributed by atoms with van der Waals surface area (Å²) in [6, 6.07) is 30.0. The summed E-state index contributed by atoms with van der Waals surface area (Å²) in [7, 11) is 0. The van der Waals surface area contributed by atoms with Gasteiger partial charge in [0.15, 0.2) is 5.78 Å². The number of unbranched alkanes of at least 4 members (excludes halogenated alkanes) is 8. The standard InChI is InChI=1S/C60H81N9O11/c1-60(2,3)78-59(76)64-34-20-10-8-6-4-5-7-9-17-29-54(71)66-51(37-43-30-32-47(33-31-43)77-41-44-24-15-12-16-25-44)53(70)39-45(36-42-22-13-11-14-23-42)55(72)67-50(28-21-35-63-58(61)69-80-79-62)56(73)68-52(57(74)75)38-46-40-65-49-27-19-18-26-48(46)49/h11-16,18-19,22-27,30-33,40,45,50-52,65H,4-10,17,20-21,28-29,34-39,41,62H2,1-3H3,(H,64,76)(H,66,71)(H,67,72)(H,68,73)(H,74,75)(H3,61,63,69). The number of fused-ring (bicyclic) bond motifs is 1. The summed E-state index contributed by atoms with van der Waals surface area (Å²) in [4.78, 5) is 97.6. The number of hydrogen-bond acceptors (Lipinski definition) is 12. The quantitative estimate of drug-likeness (QED) is 0.00610. The van der Waals surface area contributed by atoms with E-state index >= 15 is 0 Å². The fraction of sp³-hybridized carbons (Fsp3) is 0.450. The summed E-state index contributed by atoms with van der Waals surface area (Å²) in [6.07, 6.45) is 10.2. The molecule has 0 saturated heterocycles. The molecule has 4 amide bonds. The Morgan fingerprint density at radius 2 is 1.27 bits per heavy atom. The van der Waals surface area contributed by atoms with Crippen LogP contribution in [0.5, 0.6) is 5.75 Å². The Hall–Kier alpha value is -7.81. The van der Waals surface area contributed by atoms with Crippen molar-refractivity contribution in [3.63, 3.8) is 0 Å². The number of carboxylic acid groups (broad SMARTS) is 1. The van der Waals surface area contributed by atoms with Gasteiger partial charge in [0.25, 0.3) is 0 Å². The van der Waals surface area contributed by atoms with Crippen molar-refractivity contribution in [1.29, 1.82) is 0 Å². The average molecular weight is 1100 g/mol. The van der Waals surface area contributed by atoms with Crippen LogP contribution in [0.3, 0.4) is 0 Å². The highest BCUT2D eigenvalue weighted by Gasteiger charge is 2.32. The van der Waals surface area contributed by atoms with Gasteiger partial charge in [-0.15, -0.1) is 4.99 Å². The normalized spacial score (nSPS) is 13.1. The molecule has 4 atom stereocenters. The number of hydroxylamine groups is 1. The Balaban J connectivity index is 1.27. The summed E-state index contributed by atoms with van der Waals surface area (Å²) in [5.41, 5.74) is 11.4. The number of Topliss-reactive ketones (excluding diaryl/α,β-unsaturated/α-hetero) is 1. The van der Waals surface area contributed by atoms with Gasteiger partial charge in [-0.05, 0) is 99.7 Å². The van der Waals surface area contributed by atoms with Crippen LogP contribution in [0.25, 0.3) is 10.9 Å². The Bertz CT molecular complexity index is 2720. The van der Waals surface area contributed by atoms with Crippen LogP contribution in [0.2, 0.25) is 0 Å². The average Bonchev–Trinajstić information content (AvgIpc) is 3.85. The number of ketones is 1. The number of carbonyl (C=O) groups is 6. The zero-order valence-electron chi connectivity index (χ0n) is 46.3. The molecule has 5 aromatic rings. The molecule has 4 unspecified atom stereocenters. The van der Waals surface area contributed by atoms with Crippen LogP contribution < -0.4 is 43.1 Å². The molecule has 0 bridgehead atoms. The van der Waals surface area contributed by atoms with Gasteiger partial charge < -0.3 is 46.6 Å². The second-order valence-electron chi connectivity index (χ2n) is 20.9. The van der Waals surface area contributed by atoms with Crippen LogP contribution in [0.1, 0.15) is 126 Å². The molecule has 4 aromatic carbocycles. The lowest BCUT2D eigenvalue weighted by atomic mass is 9.89. The van der Waals surface area contributed by atoms with E-state index < -0.39 is 53.5 Å². The summed E-state index contributed by atoms with van der Waals surface area (Å²) in [5, 5.41) is 22.4. The van der Waals surface area contributed by atoms with Crippen molar-refractivity contribution in [1.82, 2.24) is 31.7 Å². The molecule has 1 heterocycles. The van der Waals surface area contributed by atoms with Crippen LogP contribution in [-0.2, 0) is 64.6 Å². The number of amides is 4. The third kappa shape index (κ3) is 24.1. The molecule has 0 saturated carbocycles. The first kappa shape index (κ1) is 63.0. The molecule has 0 spiro atoms. The zero-order valence-corrected chi connectivity index (χ0v) is 46.3. The summed E-state index contributed by atoms with van der Waals surface area (Å²) in [5.74, 6) is 0.985. The number of guanidine groups is 1. The van der Waals surface area contributed by atoms with E-state index in [0.29, 0.717) is 30.9 Å². The number of aliphatic carboxylic acids is 1. The highest BCUT2D eigenvalue weighted by molar-refractivity contribution is 5.95. The predicted molar refractivity (Wildman–Crippen MR) is 305 cm³/mol. The maximum absolute atomic E-state index is 14.7. The minimum Gasteiger partial charge on any atom is -0.489 e. The molecule has 0 fully saturated rings. The van der Waals surface area contributed by atoms with Crippen LogP contribution in [0, 0.1) is 5.92 Å². The van der Waals surface area contributed by atoms with E-state index in [1.807, 2.05) is 130 Å². The van der Waals surface area contributed by atoms with E-state index in [0.717, 1.165) is 79.0 Å². The molecule has 20 heteroatoms. The van der Waals surface area contributed by atoms with Crippen LogP contribution in [0.15, 0.2) is 120 Å². The SMILES string of the molecule is CC(C)(C)OC(=O)NCCCCCCCCCCCC(=O)NC(Cc1ccc(OCc2ccccc2)cc1)C(=O)CC(Cc1ccccc1)C(=O)NC(CCCN=C(N)NOON)C(=O)NC(Cc1c[nH]c2ccccc12)C(=O)O. The molecule has 80 heavy (non-hydrogen) atoms. The van der Waals surface area contributed by atoms with Gasteiger partial charge in [-0.3, -0.25) is 24.2 Å². The zero-order chi connectivity index (χ0) is 57.5. The largest absolute Gasteiger partial charge is 0.489 e. The molecule has 5 rings (SSSR count). The molecule has 0 aliphatic rings. The lowest BCUT2D eigenvalue weighted by molar-refractivity contribution is -0.326. The number of aromatic amines is 1. The van der Waals surface area contributed by atoms with Crippen LogP contribution in [0.4, 0.5) is 4.79 Å². The minimum absolute atomic E-state index is 0.00555. The number of aromatic nitrogens is 1. The number of rotatable bonds is 36. The maximum Gasteiger partial charge on any atom is 0.407 e. The van der Waals surface area contributed by atoms with Gasteiger partial charge in [-0.2, -0.15) is 5.90 Å². The van der Waals surface area contributed by atoms with Crippen molar-refractivity contribution in [3.05, 3.63) is 138 Å². The minimum atomic E-state index is -1.37. The Labute approximate surface area is 468 Å². The smallest absolute Gasteiger partial charge is 0.407 e. The molecule has 1 aromatic heterocycles. The van der Waals surface area contributed by atoms with E-state index in [9.17, 15) is 33.9 Å². The number of nitrogens with one attached hydrogen (secondary N) is 6. The van der Waals surface area contributed by atoms with Crippen molar-refractivity contribution < 1.29 is 53.3 Å². The van der Waals surface area contributed by atoms with Crippen molar-refractivity contribution >= 4 is 52.4 Å². The van der Waals surface area contributed by atoms with Crippen molar-refractivity contribution in [2.24, 2.45) is 22.5 Å². The number of benzene rings is 4. The van der Waals surface area contributed by atoms with Crippen molar-refractivity contribution in [3.8, 4) is 5.75 Å². The van der Waals surface area contributed by atoms with Crippen molar-refractivity contribution in [2.75, 3.05) is 13.1 Å². The van der Waals surface area contributed by atoms with E-state index in [1.54, 1.807) is 6.20 Å². The third-order valence-corrected chi connectivity index (χ3v) is 13.2. The van der Waals surface area contributed by atoms with Gasteiger partial charge >= 0.3 is 12.1 Å². The first-order valence-electron chi connectivity index (χ1n) is 27.6. The number of para-hydroxylation sites is 1. The molecule has 0 aliphatic carbocycles. The van der Waals surface area contributed by atoms with Gasteiger partial charge in [0.1, 0.15) is 30.0 Å². The monoisotopic (exact) mass is 1100 g/mol. The Morgan fingerprint density at radius 1 is 0.662 bits per heavy atom. The molecule has 20 nitrogen and oxygen atoms in total. The Morgan fingerprint density at radius 3 is 1.94 bits per heavy atom. The molecule has 0 radical (unpaired) electrons. The number of nitrogens with zero attached hydrogens (tertiary/aromatic N) is 1. The van der Waals surface area contributed by atoms with Crippen LogP contribution >= 0.6 is 0 Å². The fourth-order valence-corrected chi connectivity index (χ4v) is 9.05. The summed E-state index contributed by atoms with van der Waals surface area (Å²) >= 11 is 0. The number of aliphatic imine (C=N–C) groups is 1. The second-order valence-corrected chi connectivity index (χ2v) is 20.9. The summed E-state index contributed by atoms with van der Waals surface area (Å²) < 4.78 is 11.3. The van der Waals surface area contributed by atoms with E-state index in [-0.39, 0.29) is 69.1 Å². The maximum atomic E-state index is 14.7. The number of carbonyl (C=O) groups excluding carboxylic acids is 5. The van der Waals surface area contributed by atoms with Crippen LogP contribution in [-0.4, -0.2) is 88.4 Å². The number of H-pyrrole nitrogens is 1. The molecule has 11 N–H and O–H groups in total. The van der Waals surface area contributed by atoms with Gasteiger partial charge in [0, 0.05) is 55.4 Å². The molecular weight excluding hydrogens is 1020 g/mol. The van der Waals surface area contributed by atoms with E-state index in [1.165, 1.54) is 0 Å². The second kappa shape index (κ2) is 34.3. The van der Waals surface area contributed by atoms with Gasteiger partial charge in [-0.25, -0.2) is 15.1 Å². The lowest BCUT2D eigenvalue weighted by Gasteiger charge is -2.25. The predicted octanol–water partition coefficient (Wildman–Crippen LogP) is 7.74. The number of carboxylic acids is 1. The highest BCUT2D eigenvalue weighted by Crippen LogP contribution is 2.22. The van der Waals surface area contributed by atoms with Gasteiger partial charge in [0.2, 0.25) is 23.7 Å². The van der Waals surface area contributed by atoms with E-state index in [2.05, 4.69) is 46.7 Å². The van der Waals surface area contributed by atoms with Crippen molar-refractivity contribution in [2.45, 2.75) is 154 Å². The third-order valence-electron chi connectivity index (χ3n) is 13.2. The molecular formula is C60H81N9O11. The molecule has 0 aliphatic heterocycles. The first-order chi connectivity index (χ1) is 38.6. The fourth-order valence-electron chi connectivity index (χ4n) is 9.05. The highest BCUT2D eigenvalue weighted by atomic mass is 17.3. The summed E-state index contributed by atoms with van der Waals surface area (Å²) in [6.45, 7) is 6.50. The number of nitrogens with two attached hydrogens (primary N) is 2. The number of alkyl carbamates (subject to hydrolysis) is 1. The Kier molecular flexibility index (Phi) is 27.0. The number of ether oxygens (including phenoxy) is 2.